The smallest absolute Gasteiger partial charge is 0.354 e. The molecule has 0 aliphatic heterocycles. The quantitative estimate of drug-likeness (QED) is 0.881. The zero-order valence-electron chi connectivity index (χ0n) is 10.1. The molecule has 5 heteroatoms. The second kappa shape index (κ2) is 6.20. The highest BCUT2D eigenvalue weighted by molar-refractivity contribution is 6.30. The summed E-state index contributed by atoms with van der Waals surface area (Å²) in [6.07, 6.45) is 0.816. The molecule has 0 bridgehead atoms. The third-order valence-corrected chi connectivity index (χ3v) is 2.85. The molecule has 0 unspecified atom stereocenters. The van der Waals surface area contributed by atoms with Crippen LogP contribution in [0.4, 0.5) is 5.82 Å². The molecule has 0 spiro atoms. The monoisotopic (exact) mass is 276 g/mol. The fraction of sp³-hybridized carbons (Fsp3) is 0.143. The van der Waals surface area contributed by atoms with Crippen LogP contribution in [0.5, 0.6) is 0 Å². The number of benzene rings is 1. The lowest BCUT2D eigenvalue weighted by Crippen LogP contribution is -2.08. The summed E-state index contributed by atoms with van der Waals surface area (Å²) in [5, 5.41) is 12.6. The van der Waals surface area contributed by atoms with E-state index in [0.29, 0.717) is 17.4 Å². The van der Waals surface area contributed by atoms with Crippen molar-refractivity contribution in [3.63, 3.8) is 0 Å². The Morgan fingerprint density at radius 2 is 1.95 bits per heavy atom. The summed E-state index contributed by atoms with van der Waals surface area (Å²) in [6, 6.07) is 12.5. The van der Waals surface area contributed by atoms with Gasteiger partial charge in [0, 0.05) is 11.6 Å². The summed E-state index contributed by atoms with van der Waals surface area (Å²) in [5.74, 6) is -0.463. The molecule has 98 valence electrons. The summed E-state index contributed by atoms with van der Waals surface area (Å²) in [6.45, 7) is 0.678. The number of hydrogen-bond acceptors (Lipinski definition) is 3. The van der Waals surface area contributed by atoms with E-state index in [1.54, 1.807) is 12.1 Å². The van der Waals surface area contributed by atoms with Gasteiger partial charge in [-0.05, 0) is 36.2 Å². The number of hydrogen-bond donors (Lipinski definition) is 2. The molecule has 4 nitrogen and oxygen atoms in total. The van der Waals surface area contributed by atoms with Crippen LogP contribution in [0.15, 0.2) is 42.5 Å². The van der Waals surface area contributed by atoms with Gasteiger partial charge in [0.25, 0.3) is 0 Å². The summed E-state index contributed by atoms with van der Waals surface area (Å²) in [4.78, 5) is 14.8. The summed E-state index contributed by atoms with van der Waals surface area (Å²) >= 11 is 5.81. The lowest BCUT2D eigenvalue weighted by Gasteiger charge is -2.06. The average molecular weight is 277 g/mol. The van der Waals surface area contributed by atoms with Crippen molar-refractivity contribution >= 4 is 23.4 Å². The molecule has 0 fully saturated rings. The van der Waals surface area contributed by atoms with Gasteiger partial charge in [0.05, 0.1) is 0 Å². The van der Waals surface area contributed by atoms with Crippen LogP contribution in [0.1, 0.15) is 16.1 Å². The lowest BCUT2D eigenvalue weighted by molar-refractivity contribution is 0.0690. The Morgan fingerprint density at radius 3 is 2.63 bits per heavy atom. The maximum Gasteiger partial charge on any atom is 0.354 e. The zero-order valence-corrected chi connectivity index (χ0v) is 10.9. The fourth-order valence-corrected chi connectivity index (χ4v) is 1.76. The third kappa shape index (κ3) is 3.96. The van der Waals surface area contributed by atoms with E-state index in [0.717, 1.165) is 12.0 Å². The largest absolute Gasteiger partial charge is 0.477 e. The molecule has 1 aromatic carbocycles. The molecule has 0 atom stereocenters. The highest BCUT2D eigenvalue weighted by Crippen LogP contribution is 2.10. The minimum atomic E-state index is -1.03. The Morgan fingerprint density at radius 1 is 1.21 bits per heavy atom. The van der Waals surface area contributed by atoms with E-state index in [1.165, 1.54) is 6.07 Å². The molecule has 0 amide bonds. The average Bonchev–Trinajstić information content (AvgIpc) is 2.41. The number of aromatic carboxylic acids is 1. The Bertz CT molecular complexity index is 570. The van der Waals surface area contributed by atoms with E-state index in [-0.39, 0.29) is 5.69 Å². The van der Waals surface area contributed by atoms with Gasteiger partial charge in [-0.15, -0.1) is 0 Å². The molecule has 1 aromatic heterocycles. The van der Waals surface area contributed by atoms with Gasteiger partial charge in [-0.3, -0.25) is 0 Å². The Balaban J connectivity index is 1.90. The first-order valence-corrected chi connectivity index (χ1v) is 6.21. The van der Waals surface area contributed by atoms with Gasteiger partial charge in [0.2, 0.25) is 0 Å². The fourth-order valence-electron chi connectivity index (χ4n) is 1.64. The highest BCUT2D eigenvalue weighted by Gasteiger charge is 2.04. The molecule has 2 N–H and O–H groups in total. The number of carboxylic acids is 1. The van der Waals surface area contributed by atoms with Crippen LogP contribution in [0.3, 0.4) is 0 Å². The molecule has 0 saturated carbocycles. The second-order valence-electron chi connectivity index (χ2n) is 4.02. The minimum Gasteiger partial charge on any atom is -0.477 e. The van der Waals surface area contributed by atoms with Crippen molar-refractivity contribution in [2.75, 3.05) is 11.9 Å². The number of pyridine rings is 1. The summed E-state index contributed by atoms with van der Waals surface area (Å²) in [7, 11) is 0. The Kier molecular flexibility index (Phi) is 4.36. The van der Waals surface area contributed by atoms with Crippen molar-refractivity contribution < 1.29 is 9.90 Å². The molecule has 0 aliphatic carbocycles. The van der Waals surface area contributed by atoms with E-state index in [9.17, 15) is 4.79 Å². The van der Waals surface area contributed by atoms with Crippen LogP contribution in [-0.2, 0) is 6.42 Å². The molecule has 0 saturated heterocycles. The molecule has 1 heterocycles. The molecule has 2 aromatic rings. The summed E-state index contributed by atoms with van der Waals surface area (Å²) < 4.78 is 0. The maximum absolute atomic E-state index is 10.8. The number of anilines is 1. The van der Waals surface area contributed by atoms with Crippen molar-refractivity contribution in [1.29, 1.82) is 0 Å². The van der Waals surface area contributed by atoms with E-state index in [4.69, 9.17) is 16.7 Å². The number of rotatable bonds is 5. The van der Waals surface area contributed by atoms with Crippen molar-refractivity contribution in [3.8, 4) is 0 Å². The van der Waals surface area contributed by atoms with Crippen molar-refractivity contribution in [2.24, 2.45) is 0 Å². The third-order valence-electron chi connectivity index (χ3n) is 2.60. The van der Waals surface area contributed by atoms with Gasteiger partial charge in [0.1, 0.15) is 5.82 Å². The normalized spacial score (nSPS) is 10.2. The number of carboxylic acid groups (broad SMARTS) is 1. The Hall–Kier alpha value is -2.07. The molecular weight excluding hydrogens is 264 g/mol. The number of nitrogens with one attached hydrogen (secondary N) is 1. The van der Waals surface area contributed by atoms with Gasteiger partial charge >= 0.3 is 5.97 Å². The predicted octanol–water partition coefficient (Wildman–Crippen LogP) is 3.09. The molecule has 0 aliphatic rings. The predicted molar refractivity (Wildman–Crippen MR) is 74.8 cm³/mol. The minimum absolute atomic E-state index is 0.0384. The van der Waals surface area contributed by atoms with Gasteiger partial charge in [-0.25, -0.2) is 9.78 Å². The van der Waals surface area contributed by atoms with Crippen molar-refractivity contribution in [2.45, 2.75) is 6.42 Å². The molecular formula is C14H13ClN2O2. The van der Waals surface area contributed by atoms with Gasteiger partial charge < -0.3 is 10.4 Å². The standard InChI is InChI=1S/C14H13ClN2O2/c15-11-6-4-10(5-7-11)8-9-16-13-3-1-2-12(17-13)14(18)19/h1-7H,8-9H2,(H,16,17)(H,18,19). The van der Waals surface area contributed by atoms with Crippen LogP contribution in [0, 0.1) is 0 Å². The number of aromatic nitrogens is 1. The second-order valence-corrected chi connectivity index (χ2v) is 4.45. The number of halogens is 1. The maximum atomic E-state index is 10.8. The zero-order chi connectivity index (χ0) is 13.7. The van der Waals surface area contributed by atoms with Gasteiger partial charge in [0.15, 0.2) is 5.69 Å². The number of nitrogens with zero attached hydrogens (tertiary/aromatic N) is 1. The van der Waals surface area contributed by atoms with Crippen LogP contribution < -0.4 is 5.32 Å². The van der Waals surface area contributed by atoms with Crippen molar-refractivity contribution in [1.82, 2.24) is 4.98 Å². The van der Waals surface area contributed by atoms with E-state index >= 15 is 0 Å². The van der Waals surface area contributed by atoms with Gasteiger partial charge in [-0.2, -0.15) is 0 Å². The number of carbonyl (C=O) groups is 1. The highest BCUT2D eigenvalue weighted by atomic mass is 35.5. The van der Waals surface area contributed by atoms with Crippen LogP contribution in [0.25, 0.3) is 0 Å². The van der Waals surface area contributed by atoms with Crippen LogP contribution in [0.2, 0.25) is 5.02 Å². The topological polar surface area (TPSA) is 62.2 Å². The first-order valence-electron chi connectivity index (χ1n) is 5.84. The van der Waals surface area contributed by atoms with E-state index in [2.05, 4.69) is 10.3 Å². The first-order chi connectivity index (χ1) is 9.15. The first kappa shape index (κ1) is 13.4. The van der Waals surface area contributed by atoms with Crippen molar-refractivity contribution in [3.05, 3.63) is 58.7 Å². The SMILES string of the molecule is O=C(O)c1cccc(NCCc2ccc(Cl)cc2)n1. The van der Waals surface area contributed by atoms with Crippen LogP contribution in [-0.4, -0.2) is 22.6 Å². The molecule has 0 radical (unpaired) electrons. The molecule has 19 heavy (non-hydrogen) atoms. The lowest BCUT2D eigenvalue weighted by atomic mass is 10.1. The summed E-state index contributed by atoms with van der Waals surface area (Å²) in [5.41, 5.74) is 1.20. The van der Waals surface area contributed by atoms with Crippen LogP contribution >= 0.6 is 11.6 Å². The van der Waals surface area contributed by atoms with E-state index in [1.807, 2.05) is 24.3 Å². The van der Waals surface area contributed by atoms with Gasteiger partial charge in [-0.1, -0.05) is 29.8 Å². The Labute approximate surface area is 116 Å². The molecule has 2 rings (SSSR count). The van der Waals surface area contributed by atoms with E-state index < -0.39 is 5.97 Å².